The van der Waals surface area contributed by atoms with Crippen LogP contribution < -0.4 is 10.5 Å². The van der Waals surface area contributed by atoms with Gasteiger partial charge in [0, 0.05) is 11.6 Å². The molecule has 5 nitrogen and oxygen atoms in total. The zero-order valence-electron chi connectivity index (χ0n) is 11.5. The monoisotopic (exact) mass is 296 g/mol. The first kappa shape index (κ1) is 14.7. The molecule has 0 fully saturated rings. The third-order valence-electron chi connectivity index (χ3n) is 3.18. The Labute approximate surface area is 122 Å². The highest BCUT2D eigenvalue weighted by Gasteiger charge is 2.14. The van der Waals surface area contributed by atoms with Crippen LogP contribution >= 0.6 is 11.6 Å². The molecule has 2 aromatic rings. The molecule has 0 radical (unpaired) electrons. The van der Waals surface area contributed by atoms with Crippen LogP contribution in [0.5, 0.6) is 5.75 Å². The lowest BCUT2D eigenvalue weighted by Gasteiger charge is -2.06. The van der Waals surface area contributed by atoms with Gasteiger partial charge >= 0.3 is 5.97 Å². The molecule has 0 aliphatic carbocycles. The van der Waals surface area contributed by atoms with Gasteiger partial charge in [-0.15, -0.1) is 0 Å². The molecule has 2 N–H and O–H groups in total. The maximum atomic E-state index is 11.5. The average Bonchev–Trinajstić information content (AvgIpc) is 2.75. The van der Waals surface area contributed by atoms with Crippen LogP contribution in [0.25, 0.3) is 10.9 Å². The maximum Gasteiger partial charge on any atom is 0.325 e. The minimum atomic E-state index is -0.312. The molecule has 2 rings (SSSR count). The predicted octanol–water partition coefficient (Wildman–Crippen LogP) is 1.98. The van der Waals surface area contributed by atoms with Gasteiger partial charge in [-0.25, -0.2) is 0 Å². The number of benzene rings is 1. The number of fused-ring (bicyclic) bond motifs is 1. The summed E-state index contributed by atoms with van der Waals surface area (Å²) in [5, 5.41) is 1.49. The number of rotatable bonds is 5. The van der Waals surface area contributed by atoms with E-state index in [9.17, 15) is 4.79 Å². The fourth-order valence-corrected chi connectivity index (χ4v) is 2.45. The van der Waals surface area contributed by atoms with Crippen LogP contribution in [0.4, 0.5) is 0 Å². The minimum absolute atomic E-state index is 0.139. The van der Waals surface area contributed by atoms with Crippen LogP contribution in [0.3, 0.4) is 0 Å². The zero-order chi connectivity index (χ0) is 14.7. The SMILES string of the molecule is COC(=O)Cn1cc(CCN)c2cc(OC)c(Cl)cc21. The van der Waals surface area contributed by atoms with Crippen LogP contribution in [0, 0.1) is 0 Å². The van der Waals surface area contributed by atoms with Crippen LogP contribution in [0.2, 0.25) is 5.02 Å². The van der Waals surface area contributed by atoms with Gasteiger partial charge in [0.05, 0.1) is 24.8 Å². The quantitative estimate of drug-likeness (QED) is 0.857. The molecule has 1 aromatic heterocycles. The van der Waals surface area contributed by atoms with E-state index < -0.39 is 0 Å². The van der Waals surface area contributed by atoms with E-state index in [1.165, 1.54) is 7.11 Å². The standard InChI is InChI=1S/C14H17ClN2O3/c1-19-13-5-10-9(3-4-16)7-17(8-14(18)20-2)12(10)6-11(13)15/h5-7H,3-4,8,16H2,1-2H3. The molecule has 1 heterocycles. The molecule has 1 aromatic carbocycles. The van der Waals surface area contributed by atoms with Crippen molar-refractivity contribution in [1.29, 1.82) is 0 Å². The first-order chi connectivity index (χ1) is 9.60. The van der Waals surface area contributed by atoms with Gasteiger partial charge in [-0.1, -0.05) is 11.6 Å². The molecule has 0 aliphatic heterocycles. The summed E-state index contributed by atoms with van der Waals surface area (Å²) in [5.41, 5.74) is 7.55. The molecular formula is C14H17ClN2O3. The summed E-state index contributed by atoms with van der Waals surface area (Å²) in [6, 6.07) is 3.66. The van der Waals surface area contributed by atoms with E-state index in [0.717, 1.165) is 22.9 Å². The molecule has 6 heteroatoms. The number of nitrogens with two attached hydrogens (primary N) is 1. The maximum absolute atomic E-state index is 11.5. The topological polar surface area (TPSA) is 66.5 Å². The Morgan fingerprint density at radius 1 is 1.40 bits per heavy atom. The van der Waals surface area contributed by atoms with Crippen molar-refractivity contribution in [2.75, 3.05) is 20.8 Å². The van der Waals surface area contributed by atoms with E-state index in [1.807, 2.05) is 16.8 Å². The number of methoxy groups -OCH3 is 2. The molecule has 0 saturated carbocycles. The second-order valence-corrected chi connectivity index (χ2v) is 4.81. The van der Waals surface area contributed by atoms with Crippen LogP contribution in [0.15, 0.2) is 18.3 Å². The van der Waals surface area contributed by atoms with Gasteiger partial charge in [0.25, 0.3) is 0 Å². The Morgan fingerprint density at radius 3 is 2.75 bits per heavy atom. The zero-order valence-corrected chi connectivity index (χ0v) is 12.2. The molecule has 0 atom stereocenters. The fourth-order valence-electron chi connectivity index (χ4n) is 2.21. The highest BCUT2D eigenvalue weighted by Crippen LogP contribution is 2.33. The van der Waals surface area contributed by atoms with Crippen molar-refractivity contribution in [2.45, 2.75) is 13.0 Å². The molecule has 0 unspecified atom stereocenters. The number of carbonyl (C=O) groups is 1. The van der Waals surface area contributed by atoms with E-state index in [2.05, 4.69) is 0 Å². The number of esters is 1. The van der Waals surface area contributed by atoms with Gasteiger partial charge in [-0.2, -0.15) is 0 Å². The molecule has 0 bridgehead atoms. The van der Waals surface area contributed by atoms with E-state index in [1.54, 1.807) is 13.2 Å². The van der Waals surface area contributed by atoms with Gasteiger partial charge < -0.3 is 19.8 Å². The molecule has 108 valence electrons. The van der Waals surface area contributed by atoms with Crippen LogP contribution in [-0.2, 0) is 22.5 Å². The highest BCUT2D eigenvalue weighted by molar-refractivity contribution is 6.32. The first-order valence-electron chi connectivity index (χ1n) is 6.22. The van der Waals surface area contributed by atoms with Gasteiger partial charge in [0.1, 0.15) is 12.3 Å². The van der Waals surface area contributed by atoms with E-state index >= 15 is 0 Å². The number of carbonyl (C=O) groups excluding carboxylic acids is 1. The normalized spacial score (nSPS) is 10.8. The van der Waals surface area contributed by atoms with Crippen molar-refractivity contribution >= 4 is 28.5 Å². The summed E-state index contributed by atoms with van der Waals surface area (Å²) in [5.74, 6) is 0.293. The van der Waals surface area contributed by atoms with Crippen LogP contribution in [0.1, 0.15) is 5.56 Å². The average molecular weight is 297 g/mol. The Kier molecular flexibility index (Phi) is 4.52. The Hall–Kier alpha value is -1.72. The number of hydrogen-bond donors (Lipinski definition) is 1. The lowest BCUT2D eigenvalue weighted by molar-refractivity contribution is -0.141. The van der Waals surface area contributed by atoms with Crippen molar-refractivity contribution in [3.05, 3.63) is 28.9 Å². The number of aromatic nitrogens is 1. The summed E-state index contributed by atoms with van der Waals surface area (Å²) >= 11 is 6.15. The molecule has 20 heavy (non-hydrogen) atoms. The number of halogens is 1. The number of nitrogens with zero attached hydrogens (tertiary/aromatic N) is 1. The third-order valence-corrected chi connectivity index (χ3v) is 3.47. The van der Waals surface area contributed by atoms with Gasteiger partial charge in [0.2, 0.25) is 0 Å². The van der Waals surface area contributed by atoms with Gasteiger partial charge in [-0.3, -0.25) is 4.79 Å². The van der Waals surface area contributed by atoms with Gasteiger partial charge in [-0.05, 0) is 30.7 Å². The van der Waals surface area contributed by atoms with E-state index in [-0.39, 0.29) is 12.5 Å². The van der Waals surface area contributed by atoms with Crippen LogP contribution in [-0.4, -0.2) is 31.3 Å². The Balaban J connectivity index is 2.58. The fraction of sp³-hybridized carbons (Fsp3) is 0.357. The van der Waals surface area contributed by atoms with Crippen molar-refractivity contribution < 1.29 is 14.3 Å². The summed E-state index contributed by atoms with van der Waals surface area (Å²) in [4.78, 5) is 11.5. The number of hydrogen-bond acceptors (Lipinski definition) is 4. The highest BCUT2D eigenvalue weighted by atomic mass is 35.5. The van der Waals surface area contributed by atoms with Crippen molar-refractivity contribution in [3.8, 4) is 5.75 Å². The summed E-state index contributed by atoms with van der Waals surface area (Å²) in [6.45, 7) is 0.669. The largest absolute Gasteiger partial charge is 0.495 e. The summed E-state index contributed by atoms with van der Waals surface area (Å²) in [7, 11) is 2.94. The minimum Gasteiger partial charge on any atom is -0.495 e. The molecule has 0 saturated heterocycles. The molecular weight excluding hydrogens is 280 g/mol. The Morgan fingerprint density at radius 2 is 2.15 bits per heavy atom. The van der Waals surface area contributed by atoms with Crippen molar-refractivity contribution in [3.63, 3.8) is 0 Å². The second kappa shape index (κ2) is 6.15. The van der Waals surface area contributed by atoms with E-state index in [0.29, 0.717) is 17.3 Å². The summed E-state index contributed by atoms with van der Waals surface area (Å²) in [6.07, 6.45) is 2.62. The van der Waals surface area contributed by atoms with Crippen molar-refractivity contribution in [2.24, 2.45) is 5.73 Å². The molecule has 0 aliphatic rings. The lowest BCUT2D eigenvalue weighted by Crippen LogP contribution is -2.10. The second-order valence-electron chi connectivity index (χ2n) is 4.40. The predicted molar refractivity (Wildman–Crippen MR) is 78.3 cm³/mol. The smallest absolute Gasteiger partial charge is 0.325 e. The lowest BCUT2D eigenvalue weighted by atomic mass is 10.1. The molecule has 0 amide bonds. The van der Waals surface area contributed by atoms with Crippen molar-refractivity contribution in [1.82, 2.24) is 4.57 Å². The third kappa shape index (κ3) is 2.73. The Bertz CT molecular complexity index is 637. The van der Waals surface area contributed by atoms with E-state index in [4.69, 9.17) is 26.8 Å². The molecule has 0 spiro atoms. The first-order valence-corrected chi connectivity index (χ1v) is 6.60. The number of ether oxygens (including phenoxy) is 2. The van der Waals surface area contributed by atoms with Gasteiger partial charge in [0.15, 0.2) is 0 Å². The summed E-state index contributed by atoms with van der Waals surface area (Å²) < 4.78 is 11.8.